The van der Waals surface area contributed by atoms with Crippen LogP contribution >= 0.6 is 0 Å². The van der Waals surface area contributed by atoms with Gasteiger partial charge in [0.1, 0.15) is 6.54 Å². The molecule has 0 spiro atoms. The minimum absolute atomic E-state index is 0.384. The minimum Gasteiger partial charge on any atom is -0.451 e. The zero-order valence-electron chi connectivity index (χ0n) is 16.2. The van der Waals surface area contributed by atoms with Crippen molar-refractivity contribution >= 4 is 21.7 Å². The van der Waals surface area contributed by atoms with Crippen LogP contribution in [0.1, 0.15) is 22.8 Å². The summed E-state index contributed by atoms with van der Waals surface area (Å²) in [5, 5.41) is 0. The second-order valence-electron chi connectivity index (χ2n) is 7.10. The van der Waals surface area contributed by atoms with Crippen molar-refractivity contribution in [3.8, 4) is 11.1 Å². The van der Waals surface area contributed by atoms with Crippen LogP contribution in [0.5, 0.6) is 0 Å². The third kappa shape index (κ3) is 3.63. The largest absolute Gasteiger partial charge is 0.451 e. The van der Waals surface area contributed by atoms with Gasteiger partial charge >= 0.3 is 5.97 Å². The molecule has 0 N–H and O–H groups in total. The fourth-order valence-corrected chi connectivity index (χ4v) is 4.65. The molecule has 5 nitrogen and oxygen atoms in total. The number of anilines is 1. The molecular weight excluding hydrogens is 386 g/mol. The number of carbonyl (C=O) groups is 1. The molecule has 1 aliphatic carbocycles. The molecule has 4 rings (SSSR count). The molecule has 29 heavy (non-hydrogen) atoms. The number of hydrogen-bond acceptors (Lipinski definition) is 4. The van der Waals surface area contributed by atoms with Gasteiger partial charge in [-0.15, -0.1) is 0 Å². The van der Waals surface area contributed by atoms with Gasteiger partial charge in [0.15, 0.2) is 6.10 Å². The molecule has 1 aliphatic rings. The lowest BCUT2D eigenvalue weighted by Crippen LogP contribution is -2.36. The van der Waals surface area contributed by atoms with Crippen LogP contribution < -0.4 is 4.31 Å². The minimum atomic E-state index is -3.66. The fraction of sp³-hybridized carbons (Fsp3) is 0.174. The first-order chi connectivity index (χ1) is 13.9. The summed E-state index contributed by atoms with van der Waals surface area (Å²) in [5.41, 5.74) is 5.11. The summed E-state index contributed by atoms with van der Waals surface area (Å²) in [7, 11) is -3.66. The highest BCUT2D eigenvalue weighted by Crippen LogP contribution is 2.45. The number of fused-ring (bicyclic) bond motifs is 3. The maximum atomic E-state index is 12.8. The maximum absolute atomic E-state index is 12.8. The molecule has 0 fully saturated rings. The Labute approximate surface area is 170 Å². The predicted molar refractivity (Wildman–Crippen MR) is 113 cm³/mol. The second kappa shape index (κ2) is 7.37. The van der Waals surface area contributed by atoms with E-state index in [1.165, 1.54) is 0 Å². The monoisotopic (exact) mass is 407 g/mol. The predicted octanol–water partition coefficient (Wildman–Crippen LogP) is 4.07. The molecule has 0 radical (unpaired) electrons. The van der Waals surface area contributed by atoms with Gasteiger partial charge in [-0.3, -0.25) is 9.10 Å². The highest BCUT2D eigenvalue weighted by Gasteiger charge is 2.32. The van der Waals surface area contributed by atoms with Crippen LogP contribution in [-0.2, 0) is 19.6 Å². The van der Waals surface area contributed by atoms with E-state index in [4.69, 9.17) is 4.74 Å². The van der Waals surface area contributed by atoms with Crippen LogP contribution in [0.15, 0.2) is 72.8 Å². The lowest BCUT2D eigenvalue weighted by Gasteiger charge is -2.24. The summed E-state index contributed by atoms with van der Waals surface area (Å²) in [6.07, 6.45) is 0.542. The van der Waals surface area contributed by atoms with Gasteiger partial charge in [0.05, 0.1) is 11.9 Å². The number of para-hydroxylation sites is 1. The molecule has 148 valence electrons. The third-order valence-corrected chi connectivity index (χ3v) is 6.21. The van der Waals surface area contributed by atoms with Crippen LogP contribution in [0.2, 0.25) is 0 Å². The fourth-order valence-electron chi connectivity index (χ4n) is 3.75. The van der Waals surface area contributed by atoms with Gasteiger partial charge in [-0.05, 0) is 29.7 Å². The van der Waals surface area contributed by atoms with Gasteiger partial charge in [-0.25, -0.2) is 8.42 Å². The van der Waals surface area contributed by atoms with Crippen LogP contribution in [0.3, 0.4) is 0 Å². The molecule has 0 aromatic heterocycles. The van der Waals surface area contributed by atoms with Crippen LogP contribution in [-0.4, -0.2) is 27.2 Å². The van der Waals surface area contributed by atoms with E-state index < -0.39 is 22.1 Å². The molecule has 0 heterocycles. The molecule has 0 aliphatic heterocycles. The Morgan fingerprint density at radius 2 is 1.41 bits per heavy atom. The molecule has 0 amide bonds. The number of nitrogens with zero attached hydrogens (tertiary/aromatic N) is 1. The van der Waals surface area contributed by atoms with E-state index in [-0.39, 0.29) is 6.54 Å². The highest BCUT2D eigenvalue weighted by molar-refractivity contribution is 7.92. The van der Waals surface area contributed by atoms with E-state index in [1.807, 2.05) is 67.6 Å². The Morgan fingerprint density at radius 1 is 0.897 bits per heavy atom. The normalized spacial score (nSPS) is 12.9. The summed E-state index contributed by atoms with van der Waals surface area (Å²) < 4.78 is 31.6. The van der Waals surface area contributed by atoms with E-state index in [0.29, 0.717) is 5.69 Å². The van der Waals surface area contributed by atoms with Gasteiger partial charge in [0.2, 0.25) is 10.0 Å². The van der Waals surface area contributed by atoms with Crippen molar-refractivity contribution < 1.29 is 17.9 Å². The molecule has 3 aromatic carbocycles. The van der Waals surface area contributed by atoms with Crippen molar-refractivity contribution in [2.45, 2.75) is 13.0 Å². The van der Waals surface area contributed by atoms with Crippen LogP contribution in [0, 0.1) is 6.92 Å². The molecule has 6 heteroatoms. The standard InChI is InChI=1S/C23H21NO4S/c1-16-9-3-8-14-21(16)24(29(2,26)27)15-22(25)28-23-19-12-6-4-10-17(19)18-11-5-7-13-20(18)23/h3-14,23H,15H2,1-2H3. The van der Waals surface area contributed by atoms with Gasteiger partial charge in [0, 0.05) is 11.1 Å². The third-order valence-electron chi connectivity index (χ3n) is 5.08. The molecule has 0 atom stereocenters. The average molecular weight is 407 g/mol. The first-order valence-corrected chi connectivity index (χ1v) is 11.1. The van der Waals surface area contributed by atoms with Crippen LogP contribution in [0.25, 0.3) is 11.1 Å². The highest BCUT2D eigenvalue weighted by atomic mass is 32.2. The van der Waals surface area contributed by atoms with Crippen molar-refractivity contribution in [3.05, 3.63) is 89.5 Å². The molecule has 3 aromatic rings. The second-order valence-corrected chi connectivity index (χ2v) is 9.01. The summed E-state index contributed by atoms with van der Waals surface area (Å²) >= 11 is 0. The quantitative estimate of drug-likeness (QED) is 0.598. The smallest absolute Gasteiger partial charge is 0.327 e. The zero-order valence-corrected chi connectivity index (χ0v) is 17.0. The lowest BCUT2D eigenvalue weighted by molar-refractivity contribution is -0.145. The SMILES string of the molecule is Cc1ccccc1N(CC(=O)OC1c2ccccc2-c2ccccc21)S(C)(=O)=O. The van der Waals surface area contributed by atoms with Gasteiger partial charge < -0.3 is 4.74 Å². The molecular formula is C23H21NO4S. The van der Waals surface area contributed by atoms with E-state index in [2.05, 4.69) is 0 Å². The van der Waals surface area contributed by atoms with Crippen molar-refractivity contribution in [1.82, 2.24) is 0 Å². The number of sulfonamides is 1. The molecule has 0 saturated heterocycles. The van der Waals surface area contributed by atoms with Crippen molar-refractivity contribution in [2.75, 3.05) is 17.1 Å². The Hall–Kier alpha value is -3.12. The number of esters is 1. The van der Waals surface area contributed by atoms with Crippen molar-refractivity contribution in [1.29, 1.82) is 0 Å². The van der Waals surface area contributed by atoms with Gasteiger partial charge in [0.25, 0.3) is 0 Å². The van der Waals surface area contributed by atoms with E-state index in [1.54, 1.807) is 12.1 Å². The summed E-state index contributed by atoms with van der Waals surface area (Å²) in [5.74, 6) is -0.602. The number of hydrogen-bond donors (Lipinski definition) is 0. The topological polar surface area (TPSA) is 63.7 Å². The first kappa shape index (κ1) is 19.2. The average Bonchev–Trinajstić information content (AvgIpc) is 3.00. The molecule has 0 bridgehead atoms. The van der Waals surface area contributed by atoms with Crippen molar-refractivity contribution in [3.63, 3.8) is 0 Å². The summed E-state index contributed by atoms with van der Waals surface area (Å²) in [6, 6.07) is 22.6. The molecule has 0 unspecified atom stereocenters. The number of carbonyl (C=O) groups excluding carboxylic acids is 1. The summed E-state index contributed by atoms with van der Waals surface area (Å²) in [6.45, 7) is 1.42. The zero-order chi connectivity index (χ0) is 20.6. The Morgan fingerprint density at radius 3 is 1.97 bits per heavy atom. The van der Waals surface area contributed by atoms with E-state index >= 15 is 0 Å². The van der Waals surface area contributed by atoms with E-state index in [0.717, 1.165) is 38.4 Å². The molecule has 0 saturated carbocycles. The number of ether oxygens (including phenoxy) is 1. The summed E-state index contributed by atoms with van der Waals surface area (Å²) in [4.78, 5) is 12.8. The Kier molecular flexibility index (Phi) is 4.88. The Balaban J connectivity index is 1.63. The van der Waals surface area contributed by atoms with E-state index in [9.17, 15) is 13.2 Å². The number of benzene rings is 3. The van der Waals surface area contributed by atoms with Crippen LogP contribution in [0.4, 0.5) is 5.69 Å². The number of rotatable bonds is 5. The van der Waals surface area contributed by atoms with Gasteiger partial charge in [-0.2, -0.15) is 0 Å². The maximum Gasteiger partial charge on any atom is 0.327 e. The van der Waals surface area contributed by atoms with Gasteiger partial charge in [-0.1, -0.05) is 66.7 Å². The number of aryl methyl sites for hydroxylation is 1. The lowest BCUT2D eigenvalue weighted by atomic mass is 10.1. The Bertz CT molecular complexity index is 1140. The first-order valence-electron chi connectivity index (χ1n) is 9.27. The van der Waals surface area contributed by atoms with Crippen molar-refractivity contribution in [2.24, 2.45) is 0 Å².